The van der Waals surface area contributed by atoms with E-state index in [9.17, 15) is 18.0 Å². The third kappa shape index (κ3) is 8.47. The van der Waals surface area contributed by atoms with Gasteiger partial charge in [0, 0.05) is 29.1 Å². The molecule has 0 aromatic heterocycles. The zero-order valence-electron chi connectivity index (χ0n) is 23.2. The van der Waals surface area contributed by atoms with E-state index in [4.69, 9.17) is 23.2 Å². The summed E-state index contributed by atoms with van der Waals surface area (Å²) in [5.74, 6) is -0.751. The fourth-order valence-electron chi connectivity index (χ4n) is 5.20. The molecule has 7 nitrogen and oxygen atoms in total. The lowest BCUT2D eigenvalue weighted by molar-refractivity contribution is -0.140. The highest BCUT2D eigenvalue weighted by atomic mass is 35.5. The second kappa shape index (κ2) is 13.7. The third-order valence-electron chi connectivity index (χ3n) is 7.35. The highest BCUT2D eigenvalue weighted by Crippen LogP contribution is 2.27. The van der Waals surface area contributed by atoms with Crippen LogP contribution in [0.3, 0.4) is 0 Å². The summed E-state index contributed by atoms with van der Waals surface area (Å²) in [5, 5.41) is 4.17. The molecule has 218 valence electrons. The quantitative estimate of drug-likeness (QED) is 0.297. The summed E-state index contributed by atoms with van der Waals surface area (Å²) in [7, 11) is -3.86. The van der Waals surface area contributed by atoms with Crippen molar-refractivity contribution in [2.75, 3.05) is 17.1 Å². The topological polar surface area (TPSA) is 86.8 Å². The van der Waals surface area contributed by atoms with Crippen molar-refractivity contribution < 1.29 is 18.0 Å². The molecule has 1 N–H and O–H groups in total. The van der Waals surface area contributed by atoms with Crippen molar-refractivity contribution >= 4 is 50.7 Å². The number of nitrogens with zero attached hydrogens (tertiary/aromatic N) is 2. The smallest absolute Gasteiger partial charge is 0.244 e. The van der Waals surface area contributed by atoms with Crippen LogP contribution < -0.4 is 9.62 Å². The van der Waals surface area contributed by atoms with E-state index >= 15 is 0 Å². The van der Waals surface area contributed by atoms with E-state index < -0.39 is 28.5 Å². The van der Waals surface area contributed by atoms with Gasteiger partial charge in [-0.25, -0.2) is 8.42 Å². The van der Waals surface area contributed by atoms with Crippen LogP contribution in [-0.4, -0.2) is 50.0 Å². The summed E-state index contributed by atoms with van der Waals surface area (Å²) in [4.78, 5) is 29.5. The van der Waals surface area contributed by atoms with Crippen LogP contribution in [0.5, 0.6) is 0 Å². The number of carbonyl (C=O) groups excluding carboxylic acids is 2. The summed E-state index contributed by atoms with van der Waals surface area (Å²) >= 11 is 12.2. The molecule has 3 aromatic carbocycles. The van der Waals surface area contributed by atoms with Crippen LogP contribution in [0.1, 0.15) is 42.4 Å². The Balaban J connectivity index is 1.73. The van der Waals surface area contributed by atoms with Crippen molar-refractivity contribution in [3.8, 4) is 0 Å². The van der Waals surface area contributed by atoms with Gasteiger partial charge in [-0.2, -0.15) is 0 Å². The van der Waals surface area contributed by atoms with Gasteiger partial charge in [0.05, 0.1) is 11.9 Å². The van der Waals surface area contributed by atoms with E-state index in [-0.39, 0.29) is 24.9 Å². The average Bonchev–Trinajstić information content (AvgIpc) is 3.43. The van der Waals surface area contributed by atoms with Gasteiger partial charge >= 0.3 is 0 Å². The molecular formula is C31H35Cl2N3O4S. The second-order valence-electron chi connectivity index (χ2n) is 10.5. The normalized spacial score (nSPS) is 14.4. The molecule has 10 heteroatoms. The first-order valence-electron chi connectivity index (χ1n) is 13.6. The van der Waals surface area contributed by atoms with Crippen LogP contribution in [0.25, 0.3) is 0 Å². The minimum absolute atomic E-state index is 0.0532. The van der Waals surface area contributed by atoms with E-state index in [1.54, 1.807) is 49.4 Å². The lowest BCUT2D eigenvalue weighted by atomic mass is 10.0. The molecule has 1 aliphatic carbocycles. The minimum atomic E-state index is -3.86. The lowest BCUT2D eigenvalue weighted by Crippen LogP contribution is -2.54. The van der Waals surface area contributed by atoms with Gasteiger partial charge in [-0.15, -0.1) is 0 Å². The Bertz CT molecular complexity index is 1460. The molecule has 0 bridgehead atoms. The molecule has 1 aliphatic rings. The van der Waals surface area contributed by atoms with Gasteiger partial charge in [-0.1, -0.05) is 78.5 Å². The number of hydrogen-bond donors (Lipinski definition) is 1. The van der Waals surface area contributed by atoms with Crippen LogP contribution in [0.15, 0.2) is 72.8 Å². The molecule has 1 atom stereocenters. The summed E-state index contributed by atoms with van der Waals surface area (Å²) in [6.07, 6.45) is 5.22. The molecule has 2 amide bonds. The average molecular weight is 617 g/mol. The number of carbonyl (C=O) groups is 2. The summed E-state index contributed by atoms with van der Waals surface area (Å²) < 4.78 is 27.0. The monoisotopic (exact) mass is 615 g/mol. The van der Waals surface area contributed by atoms with Gasteiger partial charge in [0.1, 0.15) is 12.6 Å². The van der Waals surface area contributed by atoms with Gasteiger partial charge in [-0.05, 0) is 66.8 Å². The fourth-order valence-corrected chi connectivity index (χ4v) is 6.46. The SMILES string of the molecule is Cc1cc(Cl)ccc1N(CC(=O)N(Cc1ccc(Cl)cc1)[C@H](Cc1ccccc1)C(=O)NC1CCCC1)S(C)(=O)=O. The fraction of sp³-hybridized carbons (Fsp3) is 0.355. The lowest BCUT2D eigenvalue weighted by Gasteiger charge is -2.34. The predicted molar refractivity (Wildman–Crippen MR) is 165 cm³/mol. The van der Waals surface area contributed by atoms with Gasteiger partial charge in [0.25, 0.3) is 0 Å². The number of nitrogens with one attached hydrogen (secondary N) is 1. The number of anilines is 1. The first-order chi connectivity index (χ1) is 19.5. The molecule has 0 saturated heterocycles. The highest BCUT2D eigenvalue weighted by molar-refractivity contribution is 7.92. The zero-order chi connectivity index (χ0) is 29.6. The summed E-state index contributed by atoms with van der Waals surface area (Å²) in [6, 6.07) is 20.6. The van der Waals surface area contributed by atoms with E-state index in [1.165, 1.54) is 4.90 Å². The first kappa shape index (κ1) is 30.9. The number of hydrogen-bond acceptors (Lipinski definition) is 4. The first-order valence-corrected chi connectivity index (χ1v) is 16.2. The Morgan fingerprint density at radius 3 is 2.17 bits per heavy atom. The Labute approximate surface area is 252 Å². The van der Waals surface area contributed by atoms with Crippen molar-refractivity contribution in [1.82, 2.24) is 10.2 Å². The number of benzene rings is 3. The molecule has 3 aromatic rings. The molecule has 0 radical (unpaired) electrons. The van der Waals surface area contributed by atoms with Gasteiger partial charge in [0.2, 0.25) is 21.8 Å². The van der Waals surface area contributed by atoms with Crippen molar-refractivity contribution in [3.05, 3.63) is 99.5 Å². The zero-order valence-corrected chi connectivity index (χ0v) is 25.6. The standard InChI is InChI=1S/C31H35Cl2N3O4S/c1-22-18-26(33)16-17-28(22)36(41(2,39)40)21-30(37)35(20-24-12-14-25(32)15-13-24)29(19-23-8-4-3-5-9-23)31(38)34-27-10-6-7-11-27/h3-5,8-9,12-18,27,29H,6-7,10-11,19-21H2,1-2H3,(H,34,38)/t29-/m1/s1. The second-order valence-corrected chi connectivity index (χ2v) is 13.3. The Morgan fingerprint density at radius 2 is 1.56 bits per heavy atom. The maximum atomic E-state index is 14.2. The predicted octanol–water partition coefficient (Wildman–Crippen LogP) is 5.77. The van der Waals surface area contributed by atoms with Gasteiger partial charge in [0.15, 0.2) is 0 Å². The molecule has 4 rings (SSSR count). The molecule has 41 heavy (non-hydrogen) atoms. The van der Waals surface area contributed by atoms with Crippen molar-refractivity contribution in [1.29, 1.82) is 0 Å². The van der Waals surface area contributed by atoms with E-state index in [0.717, 1.165) is 47.4 Å². The van der Waals surface area contributed by atoms with Crippen molar-refractivity contribution in [2.45, 2.75) is 57.7 Å². The summed E-state index contributed by atoms with van der Waals surface area (Å²) in [5.41, 5.74) is 2.62. The van der Waals surface area contributed by atoms with Crippen LogP contribution in [0.2, 0.25) is 10.0 Å². The number of rotatable bonds is 11. The highest BCUT2D eigenvalue weighted by Gasteiger charge is 2.34. The van der Waals surface area contributed by atoms with Gasteiger partial charge in [-0.3, -0.25) is 13.9 Å². The van der Waals surface area contributed by atoms with Crippen LogP contribution in [-0.2, 0) is 32.6 Å². The van der Waals surface area contributed by atoms with Gasteiger partial charge < -0.3 is 10.2 Å². The molecular weight excluding hydrogens is 581 g/mol. The summed E-state index contributed by atoms with van der Waals surface area (Å²) in [6.45, 7) is 1.36. The molecule has 0 spiro atoms. The Kier molecular flexibility index (Phi) is 10.3. The molecule has 0 heterocycles. The third-order valence-corrected chi connectivity index (χ3v) is 8.96. The number of aryl methyl sites for hydroxylation is 1. The largest absolute Gasteiger partial charge is 0.352 e. The van der Waals surface area contributed by atoms with Crippen LogP contribution in [0, 0.1) is 6.92 Å². The Hall–Kier alpha value is -3.07. The maximum absolute atomic E-state index is 14.2. The van der Waals surface area contributed by atoms with E-state index in [0.29, 0.717) is 21.3 Å². The van der Waals surface area contributed by atoms with Crippen LogP contribution >= 0.6 is 23.2 Å². The number of amides is 2. The molecule has 1 saturated carbocycles. The molecule has 0 unspecified atom stereocenters. The van der Waals surface area contributed by atoms with Crippen molar-refractivity contribution in [2.24, 2.45) is 0 Å². The van der Waals surface area contributed by atoms with Crippen molar-refractivity contribution in [3.63, 3.8) is 0 Å². The molecule has 1 fully saturated rings. The number of sulfonamides is 1. The molecule has 0 aliphatic heterocycles. The Morgan fingerprint density at radius 1 is 0.927 bits per heavy atom. The van der Waals surface area contributed by atoms with E-state index in [1.807, 2.05) is 30.3 Å². The minimum Gasteiger partial charge on any atom is -0.352 e. The van der Waals surface area contributed by atoms with E-state index in [2.05, 4.69) is 5.32 Å². The maximum Gasteiger partial charge on any atom is 0.244 e. The number of halogens is 2. The van der Waals surface area contributed by atoms with Crippen LogP contribution in [0.4, 0.5) is 5.69 Å².